The number of aliphatic hydroxyl groups excluding tert-OH is 2. The van der Waals surface area contributed by atoms with Crippen molar-refractivity contribution >= 4 is 35.6 Å². The molecule has 3 aromatic rings. The number of ether oxygens (including phenoxy) is 3. The minimum Gasteiger partial charge on any atom is -0.456 e. The van der Waals surface area contributed by atoms with E-state index in [1.165, 1.54) is 24.3 Å². The zero-order chi connectivity index (χ0) is 47.5. The Kier molecular flexibility index (Phi) is 21.4. The first kappa shape index (κ1) is 53.5. The molecule has 6 rings (SSSR count). The lowest BCUT2D eigenvalue weighted by Crippen LogP contribution is -2.34. The molecule has 3 aromatic carbocycles. The van der Waals surface area contributed by atoms with Crippen molar-refractivity contribution < 1.29 is 48.0 Å². The summed E-state index contributed by atoms with van der Waals surface area (Å²) in [5, 5.41) is 21.1. The van der Waals surface area contributed by atoms with Crippen LogP contribution in [0.2, 0.25) is 0 Å². The number of esters is 3. The molecule has 0 aliphatic carbocycles. The first-order valence-corrected chi connectivity index (χ1v) is 22.6. The van der Waals surface area contributed by atoms with Crippen LogP contribution < -0.4 is 15.1 Å². The van der Waals surface area contributed by atoms with Gasteiger partial charge in [0.2, 0.25) is 0 Å². The number of aldehydes is 1. The van der Waals surface area contributed by atoms with Gasteiger partial charge in [-0.3, -0.25) is 0 Å². The number of rotatable bonds is 8. The van der Waals surface area contributed by atoms with Gasteiger partial charge in [0.15, 0.2) is 0 Å². The molecule has 12 nitrogen and oxygen atoms in total. The van der Waals surface area contributed by atoms with Gasteiger partial charge in [-0.25, -0.2) is 18.8 Å². The van der Waals surface area contributed by atoms with Crippen molar-refractivity contribution in [2.75, 3.05) is 62.3 Å². The van der Waals surface area contributed by atoms with Crippen LogP contribution in [0, 0.1) is 23.6 Å². The molecule has 354 valence electrons. The molecule has 64 heavy (non-hydrogen) atoms. The van der Waals surface area contributed by atoms with Gasteiger partial charge in [0.05, 0.1) is 16.7 Å². The summed E-state index contributed by atoms with van der Waals surface area (Å²) >= 11 is 0. The van der Waals surface area contributed by atoms with Crippen molar-refractivity contribution in [3.8, 4) is 0 Å². The number of hydrogen-bond acceptors (Lipinski definition) is 12. The third-order valence-electron chi connectivity index (χ3n) is 10.5. The Balaban J connectivity index is 0.000000239. The molecule has 3 fully saturated rings. The molecule has 0 bridgehead atoms. The van der Waals surface area contributed by atoms with E-state index in [4.69, 9.17) is 24.4 Å². The van der Waals surface area contributed by atoms with Crippen LogP contribution in [0.5, 0.6) is 0 Å². The molecule has 3 heterocycles. The van der Waals surface area contributed by atoms with Crippen LogP contribution in [0.3, 0.4) is 0 Å². The maximum atomic E-state index is 12.5. The fourth-order valence-corrected chi connectivity index (χ4v) is 6.95. The van der Waals surface area contributed by atoms with E-state index in [1.807, 2.05) is 77.9 Å². The molecule has 0 unspecified atom stereocenters. The summed E-state index contributed by atoms with van der Waals surface area (Å²) in [6.45, 7) is 23.0. The first-order chi connectivity index (χ1) is 30.1. The van der Waals surface area contributed by atoms with E-state index in [1.54, 1.807) is 32.9 Å². The highest BCUT2D eigenvalue weighted by Gasteiger charge is 2.23. The maximum Gasteiger partial charge on any atom is 0.338 e. The predicted octanol–water partition coefficient (Wildman–Crippen LogP) is 8.67. The van der Waals surface area contributed by atoms with Gasteiger partial charge in [0, 0.05) is 56.7 Å². The molecule has 13 heteroatoms. The Bertz CT molecular complexity index is 1850. The zero-order valence-corrected chi connectivity index (χ0v) is 39.7. The van der Waals surface area contributed by atoms with Crippen molar-refractivity contribution in [3.63, 3.8) is 0 Å². The lowest BCUT2D eigenvalue weighted by atomic mass is 9.97. The summed E-state index contributed by atoms with van der Waals surface area (Å²) < 4.78 is 28.3. The average molecular weight is 892 g/mol. The monoisotopic (exact) mass is 892 g/mol. The van der Waals surface area contributed by atoms with Crippen LogP contribution in [0.15, 0.2) is 72.8 Å². The standard InChI is InChI=1S/C17H25NO3.C17H23NO3.C11H13FO2.C6H13NO/c2*1-17(2,3)21-16(20)14-4-6-15(7-5-14)18-10-8-13(12-19)9-11-18;1-11(2,3)14-10(13)8-4-6-9(12)7-5-8;8-5-6-1-3-7-4-2-6/h4-7,13,19H,8-12H2,1-3H3;4-7,12-13H,8-11H2,1-3H3;4-7H,1-3H3;6-8H,1-5H2. The molecular formula is C51H74FN3O9. The normalized spacial score (nSPS) is 16.4. The Morgan fingerprint density at radius 1 is 0.562 bits per heavy atom. The Labute approximate surface area is 380 Å². The molecule has 0 saturated carbocycles. The molecular weight excluding hydrogens is 818 g/mol. The molecule has 0 radical (unpaired) electrons. The SMILES string of the molecule is CC(C)(C)OC(=O)c1ccc(F)cc1.CC(C)(C)OC(=O)c1ccc(N2CCC(C=O)CC2)cc1.CC(C)(C)OC(=O)c1ccc(N2CCC(CO)CC2)cc1.OCC1CCNCC1. The molecule has 0 aromatic heterocycles. The number of benzene rings is 3. The molecule has 3 aliphatic heterocycles. The number of nitrogens with one attached hydrogen (secondary N) is 1. The van der Waals surface area contributed by atoms with Crippen LogP contribution in [0.25, 0.3) is 0 Å². The highest BCUT2D eigenvalue weighted by molar-refractivity contribution is 5.91. The Morgan fingerprint density at radius 2 is 0.875 bits per heavy atom. The van der Waals surface area contributed by atoms with Crippen molar-refractivity contribution in [2.45, 2.75) is 118 Å². The minimum absolute atomic E-state index is 0.197. The van der Waals surface area contributed by atoms with Crippen molar-refractivity contribution in [1.29, 1.82) is 0 Å². The lowest BCUT2D eigenvalue weighted by molar-refractivity contribution is -0.111. The molecule has 3 aliphatic rings. The summed E-state index contributed by atoms with van der Waals surface area (Å²) in [6.07, 6.45) is 7.19. The van der Waals surface area contributed by atoms with Crippen LogP contribution in [-0.2, 0) is 19.0 Å². The number of piperidine rings is 3. The van der Waals surface area contributed by atoms with Crippen LogP contribution in [0.4, 0.5) is 15.8 Å². The smallest absolute Gasteiger partial charge is 0.338 e. The van der Waals surface area contributed by atoms with Crippen LogP contribution in [0.1, 0.15) is 132 Å². The second-order valence-electron chi connectivity index (χ2n) is 19.6. The van der Waals surface area contributed by atoms with E-state index in [9.17, 15) is 23.6 Å². The fraction of sp³-hybridized carbons (Fsp3) is 0.569. The van der Waals surface area contributed by atoms with Gasteiger partial charge in [-0.05, 0) is 199 Å². The molecule has 0 spiro atoms. The summed E-state index contributed by atoms with van der Waals surface area (Å²) in [5.41, 5.74) is 2.25. The number of anilines is 2. The van der Waals surface area contributed by atoms with E-state index < -0.39 is 22.8 Å². The number of nitrogens with zero attached hydrogens (tertiary/aromatic N) is 2. The van der Waals surface area contributed by atoms with E-state index >= 15 is 0 Å². The van der Waals surface area contributed by atoms with E-state index in [-0.39, 0.29) is 30.3 Å². The summed E-state index contributed by atoms with van der Waals surface area (Å²) in [6, 6.07) is 20.4. The second kappa shape index (κ2) is 25.6. The molecule has 0 amide bonds. The molecule has 0 atom stereocenters. The van der Waals surface area contributed by atoms with Gasteiger partial charge < -0.3 is 44.3 Å². The van der Waals surface area contributed by atoms with Gasteiger partial charge in [-0.1, -0.05) is 0 Å². The van der Waals surface area contributed by atoms with E-state index in [2.05, 4.69) is 15.1 Å². The van der Waals surface area contributed by atoms with Crippen molar-refractivity contribution in [1.82, 2.24) is 5.32 Å². The van der Waals surface area contributed by atoms with Gasteiger partial charge in [0.25, 0.3) is 0 Å². The van der Waals surface area contributed by atoms with Crippen molar-refractivity contribution in [2.24, 2.45) is 17.8 Å². The Hall–Kier alpha value is -4.85. The van der Waals surface area contributed by atoms with Gasteiger partial charge in [0.1, 0.15) is 28.9 Å². The number of carbonyl (C=O) groups excluding carboxylic acids is 4. The second-order valence-corrected chi connectivity index (χ2v) is 19.6. The molecule has 3 N–H and O–H groups in total. The van der Waals surface area contributed by atoms with E-state index in [0.717, 1.165) is 95.5 Å². The minimum atomic E-state index is -0.522. The topological polar surface area (TPSA) is 155 Å². The molecule has 3 saturated heterocycles. The summed E-state index contributed by atoms with van der Waals surface area (Å²) in [7, 11) is 0. The number of halogens is 1. The largest absolute Gasteiger partial charge is 0.456 e. The van der Waals surface area contributed by atoms with Crippen LogP contribution in [-0.4, -0.2) is 104 Å². The summed E-state index contributed by atoms with van der Waals surface area (Å²) in [5.74, 6) is -0.169. The number of carbonyl (C=O) groups is 4. The highest BCUT2D eigenvalue weighted by atomic mass is 19.1. The third-order valence-corrected chi connectivity index (χ3v) is 10.5. The van der Waals surface area contributed by atoms with Crippen molar-refractivity contribution in [3.05, 3.63) is 95.3 Å². The fourth-order valence-electron chi connectivity index (χ4n) is 6.95. The zero-order valence-electron chi connectivity index (χ0n) is 39.7. The number of aliphatic hydroxyl groups is 2. The quantitative estimate of drug-likeness (QED) is 0.113. The summed E-state index contributed by atoms with van der Waals surface area (Å²) in [4.78, 5) is 50.7. The number of hydrogen-bond donors (Lipinski definition) is 3. The predicted molar refractivity (Wildman–Crippen MR) is 250 cm³/mol. The lowest BCUT2D eigenvalue weighted by Gasteiger charge is -2.33. The average Bonchev–Trinajstić information content (AvgIpc) is 3.26. The van der Waals surface area contributed by atoms with Gasteiger partial charge in [-0.15, -0.1) is 0 Å². The highest BCUT2D eigenvalue weighted by Crippen LogP contribution is 2.25. The first-order valence-electron chi connectivity index (χ1n) is 22.6. The van der Waals surface area contributed by atoms with Gasteiger partial charge >= 0.3 is 17.9 Å². The van der Waals surface area contributed by atoms with E-state index in [0.29, 0.717) is 35.1 Å². The third kappa shape index (κ3) is 20.3. The Morgan fingerprint density at radius 3 is 1.17 bits per heavy atom. The maximum absolute atomic E-state index is 12.5. The van der Waals surface area contributed by atoms with Gasteiger partial charge in [-0.2, -0.15) is 0 Å². The van der Waals surface area contributed by atoms with Crippen LogP contribution >= 0.6 is 0 Å².